The fraction of sp³-hybridized carbons (Fsp3) is 0.263. The number of amides is 1. The molecule has 5 nitrogen and oxygen atoms in total. The largest absolute Gasteiger partial charge is 0.464 e. The van der Waals surface area contributed by atoms with Crippen LogP contribution in [-0.2, 0) is 16.1 Å². The number of benzene rings is 1. The number of aryl methyl sites for hydroxylation is 1. The third kappa shape index (κ3) is 3.48. The van der Waals surface area contributed by atoms with Gasteiger partial charge < -0.3 is 14.2 Å². The Morgan fingerprint density at radius 1 is 1.27 bits per heavy atom. The first-order valence-corrected chi connectivity index (χ1v) is 9.38. The Balaban J connectivity index is 1.98. The molecule has 0 unspecified atom stereocenters. The molecule has 0 saturated carbocycles. The summed E-state index contributed by atoms with van der Waals surface area (Å²) in [6.45, 7) is 4.47. The monoisotopic (exact) mass is 390 g/mol. The van der Waals surface area contributed by atoms with Crippen LogP contribution in [0.2, 0.25) is 4.34 Å². The fourth-order valence-corrected chi connectivity index (χ4v) is 4.15. The molecular weight excluding hydrogens is 372 g/mol. The number of hydrogen-bond acceptors (Lipinski definition) is 4. The molecule has 0 fully saturated rings. The highest BCUT2D eigenvalue weighted by Gasteiger charge is 2.22. The van der Waals surface area contributed by atoms with Gasteiger partial charge in [-0.15, -0.1) is 11.3 Å². The molecule has 1 amide bonds. The van der Waals surface area contributed by atoms with Crippen LogP contribution in [-0.4, -0.2) is 30.1 Å². The van der Waals surface area contributed by atoms with E-state index in [0.717, 1.165) is 21.5 Å². The van der Waals surface area contributed by atoms with Crippen molar-refractivity contribution in [2.24, 2.45) is 0 Å². The molecule has 0 aliphatic rings. The standard InChI is InChI=1S/C19H19ClN2O3S/c1-4-21(13-7-5-6-12(2)8-13)18(23)11-22-14-10-17(20)26-16(14)9-15(22)19(24)25-3/h5-10H,4,11H2,1-3H3. The maximum absolute atomic E-state index is 13.0. The minimum Gasteiger partial charge on any atom is -0.464 e. The van der Waals surface area contributed by atoms with Gasteiger partial charge in [-0.3, -0.25) is 4.79 Å². The highest BCUT2D eigenvalue weighted by atomic mass is 35.5. The molecular formula is C19H19ClN2O3S. The van der Waals surface area contributed by atoms with E-state index in [1.54, 1.807) is 21.6 Å². The van der Waals surface area contributed by atoms with Gasteiger partial charge in [-0.05, 0) is 43.7 Å². The van der Waals surface area contributed by atoms with Gasteiger partial charge in [-0.25, -0.2) is 4.79 Å². The van der Waals surface area contributed by atoms with Crippen LogP contribution in [0, 0.1) is 6.92 Å². The number of halogens is 1. The number of hydrogen-bond donors (Lipinski definition) is 0. The molecule has 0 aliphatic heterocycles. The molecule has 3 rings (SSSR count). The first-order chi connectivity index (χ1) is 12.4. The summed E-state index contributed by atoms with van der Waals surface area (Å²) in [6.07, 6.45) is 0. The van der Waals surface area contributed by atoms with Crippen LogP contribution in [0.4, 0.5) is 5.69 Å². The van der Waals surface area contributed by atoms with E-state index in [1.165, 1.54) is 18.4 Å². The van der Waals surface area contributed by atoms with Gasteiger partial charge in [0.25, 0.3) is 0 Å². The fourth-order valence-electron chi connectivity index (χ4n) is 2.98. The Labute approximate surface area is 160 Å². The number of esters is 1. The van der Waals surface area contributed by atoms with Gasteiger partial charge in [0.1, 0.15) is 12.2 Å². The Morgan fingerprint density at radius 2 is 2.04 bits per heavy atom. The van der Waals surface area contributed by atoms with Gasteiger partial charge in [0.15, 0.2) is 0 Å². The molecule has 2 heterocycles. The molecule has 136 valence electrons. The zero-order chi connectivity index (χ0) is 18.8. The second-order valence-electron chi connectivity index (χ2n) is 5.88. The molecule has 0 aliphatic carbocycles. The average molecular weight is 391 g/mol. The van der Waals surface area contributed by atoms with Crippen LogP contribution in [0.3, 0.4) is 0 Å². The number of fused-ring (bicyclic) bond motifs is 1. The minimum absolute atomic E-state index is 0.0305. The molecule has 2 aromatic heterocycles. The van der Waals surface area contributed by atoms with Crippen LogP contribution in [0.25, 0.3) is 10.2 Å². The van der Waals surface area contributed by atoms with Crippen molar-refractivity contribution in [1.82, 2.24) is 4.57 Å². The van der Waals surface area contributed by atoms with E-state index < -0.39 is 5.97 Å². The summed E-state index contributed by atoms with van der Waals surface area (Å²) < 4.78 is 7.99. The molecule has 3 aromatic rings. The summed E-state index contributed by atoms with van der Waals surface area (Å²) in [4.78, 5) is 26.8. The number of nitrogens with zero attached hydrogens (tertiary/aromatic N) is 2. The van der Waals surface area contributed by atoms with Crippen molar-refractivity contribution in [3.05, 3.63) is 52.0 Å². The lowest BCUT2D eigenvalue weighted by atomic mass is 10.2. The molecule has 7 heteroatoms. The molecule has 0 spiro atoms. The molecule has 1 aromatic carbocycles. The number of likely N-dealkylation sites (N-methyl/N-ethyl adjacent to an activating group) is 1. The molecule has 0 saturated heterocycles. The third-order valence-electron chi connectivity index (χ3n) is 4.18. The molecule has 0 bridgehead atoms. The summed E-state index contributed by atoms with van der Waals surface area (Å²) in [7, 11) is 1.33. The normalized spacial score (nSPS) is 10.9. The predicted octanol–water partition coefficient (Wildman–Crippen LogP) is 4.50. The predicted molar refractivity (Wildman–Crippen MR) is 105 cm³/mol. The van der Waals surface area contributed by atoms with Gasteiger partial charge in [0.05, 0.1) is 21.7 Å². The summed E-state index contributed by atoms with van der Waals surface area (Å²) in [6, 6.07) is 11.3. The summed E-state index contributed by atoms with van der Waals surface area (Å²) >= 11 is 7.46. The number of carbonyl (C=O) groups excluding carboxylic acids is 2. The Bertz CT molecular complexity index is 976. The van der Waals surface area contributed by atoms with Crippen LogP contribution in [0.1, 0.15) is 23.0 Å². The first-order valence-electron chi connectivity index (χ1n) is 8.18. The maximum atomic E-state index is 13.0. The van der Waals surface area contributed by atoms with E-state index in [4.69, 9.17) is 16.3 Å². The van der Waals surface area contributed by atoms with Gasteiger partial charge in [-0.1, -0.05) is 23.7 Å². The topological polar surface area (TPSA) is 51.5 Å². The van der Waals surface area contributed by atoms with E-state index >= 15 is 0 Å². The summed E-state index contributed by atoms with van der Waals surface area (Å²) in [5, 5.41) is 0. The highest BCUT2D eigenvalue weighted by Crippen LogP contribution is 2.32. The van der Waals surface area contributed by atoms with Crippen molar-refractivity contribution in [2.75, 3.05) is 18.6 Å². The molecule has 26 heavy (non-hydrogen) atoms. The molecule has 0 atom stereocenters. The molecule has 0 radical (unpaired) electrons. The lowest BCUT2D eigenvalue weighted by Gasteiger charge is -2.22. The maximum Gasteiger partial charge on any atom is 0.354 e. The molecule has 0 N–H and O–H groups in total. The second kappa shape index (κ2) is 7.51. The van der Waals surface area contributed by atoms with E-state index in [-0.39, 0.29) is 12.5 Å². The Morgan fingerprint density at radius 3 is 2.69 bits per heavy atom. The smallest absolute Gasteiger partial charge is 0.354 e. The Hall–Kier alpha value is -2.31. The van der Waals surface area contributed by atoms with E-state index in [0.29, 0.717) is 16.6 Å². The number of methoxy groups -OCH3 is 1. The first kappa shape index (κ1) is 18.5. The van der Waals surface area contributed by atoms with Crippen molar-refractivity contribution < 1.29 is 14.3 Å². The van der Waals surface area contributed by atoms with E-state index in [9.17, 15) is 9.59 Å². The quantitative estimate of drug-likeness (QED) is 0.602. The van der Waals surface area contributed by atoms with Crippen molar-refractivity contribution in [3.63, 3.8) is 0 Å². The van der Waals surface area contributed by atoms with Crippen LogP contribution >= 0.6 is 22.9 Å². The van der Waals surface area contributed by atoms with E-state index in [1.807, 2.05) is 38.1 Å². The summed E-state index contributed by atoms with van der Waals surface area (Å²) in [5.41, 5.74) is 3.02. The number of rotatable bonds is 5. The van der Waals surface area contributed by atoms with Crippen molar-refractivity contribution in [1.29, 1.82) is 0 Å². The summed E-state index contributed by atoms with van der Waals surface area (Å²) in [5.74, 6) is -0.584. The Kier molecular flexibility index (Phi) is 5.34. The van der Waals surface area contributed by atoms with E-state index in [2.05, 4.69) is 0 Å². The minimum atomic E-state index is -0.476. The lowest BCUT2D eigenvalue weighted by molar-refractivity contribution is -0.119. The number of anilines is 1. The number of carbonyl (C=O) groups is 2. The highest BCUT2D eigenvalue weighted by molar-refractivity contribution is 7.22. The van der Waals surface area contributed by atoms with Gasteiger partial charge in [0, 0.05) is 12.2 Å². The lowest BCUT2D eigenvalue weighted by Crippen LogP contribution is -2.34. The zero-order valence-electron chi connectivity index (χ0n) is 14.8. The number of ether oxygens (including phenoxy) is 1. The van der Waals surface area contributed by atoms with Crippen molar-refractivity contribution >= 4 is 50.7 Å². The van der Waals surface area contributed by atoms with Gasteiger partial charge >= 0.3 is 5.97 Å². The van der Waals surface area contributed by atoms with Gasteiger partial charge in [-0.2, -0.15) is 0 Å². The second-order valence-corrected chi connectivity index (χ2v) is 7.60. The van der Waals surface area contributed by atoms with Crippen LogP contribution in [0.5, 0.6) is 0 Å². The van der Waals surface area contributed by atoms with Crippen LogP contribution in [0.15, 0.2) is 36.4 Å². The SMILES string of the molecule is CCN(C(=O)Cn1c(C(=O)OC)cc2sc(Cl)cc21)c1cccc(C)c1. The third-order valence-corrected chi connectivity index (χ3v) is 5.38. The van der Waals surface area contributed by atoms with Crippen LogP contribution < -0.4 is 4.90 Å². The van der Waals surface area contributed by atoms with Crippen molar-refractivity contribution in [3.8, 4) is 0 Å². The zero-order valence-corrected chi connectivity index (χ0v) is 16.4. The number of aromatic nitrogens is 1. The number of thiophene rings is 1. The van der Waals surface area contributed by atoms with Gasteiger partial charge in [0.2, 0.25) is 5.91 Å². The van der Waals surface area contributed by atoms with Crippen molar-refractivity contribution in [2.45, 2.75) is 20.4 Å². The average Bonchev–Trinajstić information content (AvgIpc) is 3.12.